The van der Waals surface area contributed by atoms with Crippen molar-refractivity contribution in [2.45, 2.75) is 20.3 Å². The highest BCUT2D eigenvalue weighted by atomic mass is 32.1. The van der Waals surface area contributed by atoms with Crippen LogP contribution in [0, 0.1) is 5.92 Å². The van der Waals surface area contributed by atoms with Gasteiger partial charge in [-0.25, -0.2) is 4.98 Å². The molecule has 88 valence electrons. The third kappa shape index (κ3) is 2.80. The minimum atomic E-state index is 0.540. The maximum absolute atomic E-state index is 11.0. The first-order chi connectivity index (χ1) is 8.20. The van der Waals surface area contributed by atoms with E-state index in [1.807, 2.05) is 30.3 Å². The van der Waals surface area contributed by atoms with Gasteiger partial charge in [-0.2, -0.15) is 0 Å². The van der Waals surface area contributed by atoms with Gasteiger partial charge >= 0.3 is 0 Å². The molecule has 0 unspecified atom stereocenters. The van der Waals surface area contributed by atoms with E-state index in [0.717, 1.165) is 28.2 Å². The molecule has 0 saturated heterocycles. The van der Waals surface area contributed by atoms with Crippen LogP contribution in [-0.4, -0.2) is 11.3 Å². The van der Waals surface area contributed by atoms with Crippen LogP contribution in [-0.2, 0) is 6.42 Å². The molecule has 0 radical (unpaired) electrons. The van der Waals surface area contributed by atoms with Crippen molar-refractivity contribution in [1.29, 1.82) is 0 Å². The highest BCUT2D eigenvalue weighted by molar-refractivity contribution is 7.15. The fraction of sp³-hybridized carbons (Fsp3) is 0.286. The zero-order chi connectivity index (χ0) is 12.3. The summed E-state index contributed by atoms with van der Waals surface area (Å²) in [5.74, 6) is 0.540. The number of aldehydes is 1. The molecule has 0 saturated carbocycles. The zero-order valence-electron chi connectivity index (χ0n) is 10.0. The van der Waals surface area contributed by atoms with Gasteiger partial charge in [0, 0.05) is 10.4 Å². The van der Waals surface area contributed by atoms with Gasteiger partial charge in [0.15, 0.2) is 6.29 Å². The predicted octanol–water partition coefficient (Wildman–Crippen LogP) is 3.82. The van der Waals surface area contributed by atoms with Gasteiger partial charge in [0.1, 0.15) is 10.7 Å². The molecule has 1 aromatic carbocycles. The van der Waals surface area contributed by atoms with E-state index in [0.29, 0.717) is 11.6 Å². The monoisotopic (exact) mass is 245 g/mol. The molecule has 0 bridgehead atoms. The summed E-state index contributed by atoms with van der Waals surface area (Å²) in [4.78, 5) is 16.5. The number of aromatic nitrogens is 1. The van der Waals surface area contributed by atoms with Crippen LogP contribution in [0.4, 0.5) is 0 Å². The summed E-state index contributed by atoms with van der Waals surface area (Å²) in [6.45, 7) is 4.30. The Kier molecular flexibility index (Phi) is 3.69. The first kappa shape index (κ1) is 12.0. The molecule has 0 amide bonds. The Labute approximate surface area is 105 Å². The quantitative estimate of drug-likeness (QED) is 0.766. The van der Waals surface area contributed by atoms with Gasteiger partial charge in [0.25, 0.3) is 0 Å². The number of rotatable bonds is 4. The van der Waals surface area contributed by atoms with E-state index < -0.39 is 0 Å². The smallest absolute Gasteiger partial charge is 0.169 e. The maximum Gasteiger partial charge on any atom is 0.169 e. The Morgan fingerprint density at radius 3 is 2.59 bits per heavy atom. The van der Waals surface area contributed by atoms with Gasteiger partial charge in [-0.1, -0.05) is 44.2 Å². The molecule has 1 heterocycles. The molecule has 3 heteroatoms. The van der Waals surface area contributed by atoms with Gasteiger partial charge in [0.2, 0.25) is 0 Å². The van der Waals surface area contributed by atoms with Crippen molar-refractivity contribution >= 4 is 17.6 Å². The average molecular weight is 245 g/mol. The first-order valence-corrected chi connectivity index (χ1v) is 6.52. The van der Waals surface area contributed by atoms with Crippen molar-refractivity contribution in [3.05, 3.63) is 40.9 Å². The number of benzene rings is 1. The molecular formula is C14H15NOS. The lowest BCUT2D eigenvalue weighted by Gasteiger charge is -2.00. The Morgan fingerprint density at radius 2 is 2.00 bits per heavy atom. The molecule has 1 aromatic heterocycles. The number of carbonyl (C=O) groups excluding carboxylic acids is 1. The standard InChI is InChI=1S/C14H15NOS/c1-10(2)8-13-12(9-16)15-14(17-13)11-6-4-3-5-7-11/h3-7,9-10H,8H2,1-2H3. The van der Waals surface area contributed by atoms with Crippen LogP contribution in [0.1, 0.15) is 29.2 Å². The minimum Gasteiger partial charge on any atom is -0.296 e. The Hall–Kier alpha value is -1.48. The topological polar surface area (TPSA) is 30.0 Å². The minimum absolute atomic E-state index is 0.540. The number of thiazole rings is 1. The van der Waals surface area contributed by atoms with Crippen LogP contribution in [0.5, 0.6) is 0 Å². The number of hydrogen-bond acceptors (Lipinski definition) is 3. The average Bonchev–Trinajstić information content (AvgIpc) is 2.72. The van der Waals surface area contributed by atoms with Gasteiger partial charge in [-0.3, -0.25) is 4.79 Å². The highest BCUT2D eigenvalue weighted by Gasteiger charge is 2.12. The number of nitrogens with zero attached hydrogens (tertiary/aromatic N) is 1. The van der Waals surface area contributed by atoms with E-state index in [1.165, 1.54) is 0 Å². The maximum atomic E-state index is 11.0. The van der Waals surface area contributed by atoms with Crippen LogP contribution in [0.3, 0.4) is 0 Å². The second-order valence-electron chi connectivity index (χ2n) is 4.41. The summed E-state index contributed by atoms with van der Waals surface area (Å²) in [7, 11) is 0. The molecular weight excluding hydrogens is 230 g/mol. The molecule has 2 aromatic rings. The zero-order valence-corrected chi connectivity index (χ0v) is 10.8. The summed E-state index contributed by atoms with van der Waals surface area (Å²) < 4.78 is 0. The van der Waals surface area contributed by atoms with Crippen LogP contribution in [0.25, 0.3) is 10.6 Å². The third-order valence-corrected chi connectivity index (χ3v) is 3.60. The molecule has 0 aliphatic carbocycles. The summed E-state index contributed by atoms with van der Waals surface area (Å²) in [6.07, 6.45) is 1.78. The molecule has 0 aliphatic rings. The van der Waals surface area contributed by atoms with E-state index in [1.54, 1.807) is 11.3 Å². The van der Waals surface area contributed by atoms with E-state index in [4.69, 9.17) is 0 Å². The van der Waals surface area contributed by atoms with Crippen LogP contribution >= 0.6 is 11.3 Å². The summed E-state index contributed by atoms with van der Waals surface area (Å²) >= 11 is 1.62. The van der Waals surface area contributed by atoms with Gasteiger partial charge in [-0.05, 0) is 12.3 Å². The van der Waals surface area contributed by atoms with Crippen molar-refractivity contribution in [2.24, 2.45) is 5.92 Å². The van der Waals surface area contributed by atoms with Crippen molar-refractivity contribution < 1.29 is 4.79 Å². The molecule has 0 N–H and O–H groups in total. The molecule has 0 spiro atoms. The SMILES string of the molecule is CC(C)Cc1sc(-c2ccccc2)nc1C=O. The molecule has 2 nitrogen and oxygen atoms in total. The Bertz CT molecular complexity index is 502. The third-order valence-electron chi connectivity index (χ3n) is 2.45. The normalized spacial score (nSPS) is 10.8. The van der Waals surface area contributed by atoms with E-state index >= 15 is 0 Å². The lowest BCUT2D eigenvalue weighted by molar-refractivity contribution is 0.111. The highest BCUT2D eigenvalue weighted by Crippen LogP contribution is 2.28. The molecule has 0 atom stereocenters. The largest absolute Gasteiger partial charge is 0.296 e. The fourth-order valence-electron chi connectivity index (χ4n) is 1.68. The van der Waals surface area contributed by atoms with Crippen molar-refractivity contribution in [1.82, 2.24) is 4.98 Å². The Balaban J connectivity index is 2.37. The summed E-state index contributed by atoms with van der Waals surface area (Å²) in [6, 6.07) is 9.99. The van der Waals surface area contributed by atoms with E-state index in [9.17, 15) is 4.79 Å². The van der Waals surface area contributed by atoms with Crippen LogP contribution in [0.15, 0.2) is 30.3 Å². The lowest BCUT2D eigenvalue weighted by atomic mass is 10.1. The van der Waals surface area contributed by atoms with Crippen molar-refractivity contribution in [3.8, 4) is 10.6 Å². The van der Waals surface area contributed by atoms with Gasteiger partial charge in [0.05, 0.1) is 0 Å². The van der Waals surface area contributed by atoms with E-state index in [2.05, 4.69) is 18.8 Å². The van der Waals surface area contributed by atoms with Crippen LogP contribution < -0.4 is 0 Å². The lowest BCUT2D eigenvalue weighted by Crippen LogP contribution is -1.95. The number of carbonyl (C=O) groups is 1. The molecule has 0 aliphatic heterocycles. The first-order valence-electron chi connectivity index (χ1n) is 5.71. The van der Waals surface area contributed by atoms with Crippen LogP contribution in [0.2, 0.25) is 0 Å². The molecule has 2 rings (SSSR count). The van der Waals surface area contributed by atoms with E-state index in [-0.39, 0.29) is 0 Å². The summed E-state index contributed by atoms with van der Waals surface area (Å²) in [5.41, 5.74) is 1.68. The molecule has 0 fully saturated rings. The summed E-state index contributed by atoms with van der Waals surface area (Å²) in [5, 5.41) is 0.934. The fourth-order valence-corrected chi connectivity index (χ4v) is 2.92. The molecule has 17 heavy (non-hydrogen) atoms. The van der Waals surface area contributed by atoms with Gasteiger partial charge < -0.3 is 0 Å². The second-order valence-corrected chi connectivity index (χ2v) is 5.49. The predicted molar refractivity (Wildman–Crippen MR) is 71.5 cm³/mol. The number of hydrogen-bond donors (Lipinski definition) is 0. The van der Waals surface area contributed by atoms with Crippen molar-refractivity contribution in [2.75, 3.05) is 0 Å². The second kappa shape index (κ2) is 5.23. The van der Waals surface area contributed by atoms with Crippen molar-refractivity contribution in [3.63, 3.8) is 0 Å². The Morgan fingerprint density at radius 1 is 1.29 bits per heavy atom. The van der Waals surface area contributed by atoms with Gasteiger partial charge in [-0.15, -0.1) is 11.3 Å².